The summed E-state index contributed by atoms with van der Waals surface area (Å²) in [6, 6.07) is 2.52. The summed E-state index contributed by atoms with van der Waals surface area (Å²) in [6.07, 6.45) is 0.381. The minimum atomic E-state index is -0.606. The molecule has 0 atom stereocenters. The number of nitro groups is 1. The van der Waals surface area contributed by atoms with Gasteiger partial charge in [0, 0.05) is 11.6 Å². The highest BCUT2D eigenvalue weighted by Crippen LogP contribution is 2.28. The Balaban J connectivity index is 3.12. The predicted molar refractivity (Wildman–Crippen MR) is 66.5 cm³/mol. The Hall–Kier alpha value is -1.76. The average Bonchev–Trinajstić information content (AvgIpc) is 2.29. The maximum Gasteiger partial charge on any atom is 0.310 e. The Morgan fingerprint density at radius 3 is 2.72 bits per heavy atom. The average molecular weight is 316 g/mol. The van der Waals surface area contributed by atoms with Gasteiger partial charge in [0.25, 0.3) is 5.69 Å². The first-order valence-corrected chi connectivity index (χ1v) is 5.86. The van der Waals surface area contributed by atoms with Crippen LogP contribution in [0.3, 0.4) is 0 Å². The molecule has 0 fully saturated rings. The third-order valence-corrected chi connectivity index (χ3v) is 2.81. The number of carbonyl (C=O) groups excluding carboxylic acids is 2. The molecular formula is C11H10BrNO5. The van der Waals surface area contributed by atoms with Gasteiger partial charge in [0.15, 0.2) is 6.29 Å². The van der Waals surface area contributed by atoms with E-state index in [-0.39, 0.29) is 28.8 Å². The van der Waals surface area contributed by atoms with Crippen LogP contribution in [0.4, 0.5) is 5.69 Å². The van der Waals surface area contributed by atoms with Gasteiger partial charge in [0.1, 0.15) is 0 Å². The van der Waals surface area contributed by atoms with Crippen LogP contribution in [0, 0.1) is 10.1 Å². The molecule has 96 valence electrons. The summed E-state index contributed by atoms with van der Waals surface area (Å²) in [6.45, 7) is 1.91. The Kier molecular flexibility index (Phi) is 4.96. The number of carbonyl (C=O) groups is 2. The quantitative estimate of drug-likeness (QED) is 0.360. The SMILES string of the molecule is CCOC(=O)Cc1cc(Br)c([N+](=O)[O-])cc1C=O. The van der Waals surface area contributed by atoms with Crippen molar-refractivity contribution in [2.45, 2.75) is 13.3 Å². The minimum Gasteiger partial charge on any atom is -0.466 e. The Labute approximate surface area is 111 Å². The fourth-order valence-electron chi connectivity index (χ4n) is 1.39. The van der Waals surface area contributed by atoms with Gasteiger partial charge in [-0.15, -0.1) is 0 Å². The number of nitro benzene ring substituents is 1. The van der Waals surface area contributed by atoms with Crippen molar-refractivity contribution in [3.8, 4) is 0 Å². The van der Waals surface area contributed by atoms with E-state index in [4.69, 9.17) is 4.74 Å². The number of halogens is 1. The van der Waals surface area contributed by atoms with Gasteiger partial charge in [-0.25, -0.2) is 0 Å². The number of rotatable bonds is 5. The number of aldehydes is 1. The summed E-state index contributed by atoms with van der Waals surface area (Å²) in [5.74, 6) is -0.485. The largest absolute Gasteiger partial charge is 0.466 e. The number of hydrogen-bond donors (Lipinski definition) is 0. The molecule has 0 bridgehead atoms. The van der Waals surface area contributed by atoms with Crippen LogP contribution >= 0.6 is 15.9 Å². The molecule has 1 aromatic carbocycles. The van der Waals surface area contributed by atoms with Crippen molar-refractivity contribution in [3.63, 3.8) is 0 Å². The molecule has 0 N–H and O–H groups in total. The lowest BCUT2D eigenvalue weighted by atomic mass is 10.0. The number of nitrogens with zero attached hydrogens (tertiary/aromatic N) is 1. The molecule has 0 radical (unpaired) electrons. The third-order valence-electron chi connectivity index (χ3n) is 2.17. The van der Waals surface area contributed by atoms with E-state index >= 15 is 0 Å². The normalized spacial score (nSPS) is 9.89. The summed E-state index contributed by atoms with van der Waals surface area (Å²) in [7, 11) is 0. The first kappa shape index (κ1) is 14.3. The first-order chi connectivity index (χ1) is 8.49. The van der Waals surface area contributed by atoms with Crippen molar-refractivity contribution >= 4 is 33.9 Å². The summed E-state index contributed by atoms with van der Waals surface area (Å²) >= 11 is 3.03. The molecule has 0 amide bonds. The van der Waals surface area contributed by atoms with Crippen molar-refractivity contribution in [2.24, 2.45) is 0 Å². The van der Waals surface area contributed by atoms with Gasteiger partial charge >= 0.3 is 5.97 Å². The van der Waals surface area contributed by atoms with Gasteiger partial charge in [-0.3, -0.25) is 19.7 Å². The summed E-state index contributed by atoms with van der Waals surface area (Å²) in [5.41, 5.74) is 0.281. The van der Waals surface area contributed by atoms with Crippen molar-refractivity contribution in [3.05, 3.63) is 37.8 Å². The predicted octanol–water partition coefficient (Wildman–Crippen LogP) is 2.28. The smallest absolute Gasteiger partial charge is 0.310 e. The van der Waals surface area contributed by atoms with Crippen LogP contribution in [0.2, 0.25) is 0 Å². The van der Waals surface area contributed by atoms with Crippen molar-refractivity contribution < 1.29 is 19.2 Å². The number of benzene rings is 1. The molecule has 6 nitrogen and oxygen atoms in total. The van der Waals surface area contributed by atoms with E-state index < -0.39 is 10.9 Å². The zero-order chi connectivity index (χ0) is 13.7. The van der Waals surface area contributed by atoms with Crippen molar-refractivity contribution in [1.82, 2.24) is 0 Å². The first-order valence-electron chi connectivity index (χ1n) is 5.07. The topological polar surface area (TPSA) is 86.5 Å². The monoisotopic (exact) mass is 315 g/mol. The molecule has 0 aliphatic rings. The molecular weight excluding hydrogens is 306 g/mol. The number of ether oxygens (including phenoxy) is 1. The summed E-state index contributed by atoms with van der Waals surface area (Å²) in [5, 5.41) is 10.7. The summed E-state index contributed by atoms with van der Waals surface area (Å²) < 4.78 is 4.98. The van der Waals surface area contributed by atoms with E-state index in [1.54, 1.807) is 6.92 Å². The fourth-order valence-corrected chi connectivity index (χ4v) is 1.92. The van der Waals surface area contributed by atoms with Crippen LogP contribution in [0.5, 0.6) is 0 Å². The Bertz CT molecular complexity index is 500. The molecule has 0 heterocycles. The van der Waals surface area contributed by atoms with Crippen LogP contribution in [-0.4, -0.2) is 23.8 Å². The highest BCUT2D eigenvalue weighted by Gasteiger charge is 2.18. The van der Waals surface area contributed by atoms with Gasteiger partial charge in [-0.2, -0.15) is 0 Å². The van der Waals surface area contributed by atoms with E-state index in [2.05, 4.69) is 15.9 Å². The fraction of sp³-hybridized carbons (Fsp3) is 0.273. The van der Waals surface area contributed by atoms with Gasteiger partial charge in [-0.1, -0.05) is 0 Å². The molecule has 7 heteroatoms. The second-order valence-electron chi connectivity index (χ2n) is 3.36. The molecule has 0 aliphatic heterocycles. The van der Waals surface area contributed by atoms with Crippen molar-refractivity contribution in [1.29, 1.82) is 0 Å². The van der Waals surface area contributed by atoms with E-state index in [0.29, 0.717) is 11.8 Å². The van der Waals surface area contributed by atoms with Crippen LogP contribution < -0.4 is 0 Å². The third kappa shape index (κ3) is 3.36. The maximum atomic E-state index is 11.3. The second kappa shape index (κ2) is 6.25. The Morgan fingerprint density at radius 1 is 1.56 bits per heavy atom. The maximum absolute atomic E-state index is 11.3. The van der Waals surface area contributed by atoms with Crippen LogP contribution in [0.1, 0.15) is 22.8 Å². The van der Waals surface area contributed by atoms with Gasteiger partial charge in [0.2, 0.25) is 0 Å². The second-order valence-corrected chi connectivity index (χ2v) is 4.21. The summed E-state index contributed by atoms with van der Waals surface area (Å²) in [4.78, 5) is 32.3. The molecule has 1 aromatic rings. The molecule has 0 saturated heterocycles. The van der Waals surface area contributed by atoms with Crippen LogP contribution in [-0.2, 0) is 16.0 Å². The zero-order valence-electron chi connectivity index (χ0n) is 9.51. The van der Waals surface area contributed by atoms with E-state index in [9.17, 15) is 19.7 Å². The molecule has 18 heavy (non-hydrogen) atoms. The number of hydrogen-bond acceptors (Lipinski definition) is 5. The minimum absolute atomic E-state index is 0.0987. The standard InChI is InChI=1S/C11H10BrNO5/c1-2-18-11(15)5-7-3-9(12)10(13(16)17)4-8(7)6-14/h3-4,6H,2,5H2,1H3. The lowest BCUT2D eigenvalue weighted by Crippen LogP contribution is -2.09. The molecule has 0 unspecified atom stereocenters. The lowest BCUT2D eigenvalue weighted by molar-refractivity contribution is -0.385. The molecule has 0 aliphatic carbocycles. The lowest BCUT2D eigenvalue weighted by Gasteiger charge is -2.06. The van der Waals surface area contributed by atoms with E-state index in [0.717, 1.165) is 6.07 Å². The molecule has 0 spiro atoms. The zero-order valence-corrected chi connectivity index (χ0v) is 11.1. The molecule has 0 aromatic heterocycles. The van der Waals surface area contributed by atoms with Crippen LogP contribution in [0.15, 0.2) is 16.6 Å². The number of esters is 1. The van der Waals surface area contributed by atoms with Crippen LogP contribution in [0.25, 0.3) is 0 Å². The van der Waals surface area contributed by atoms with E-state index in [1.807, 2.05) is 0 Å². The van der Waals surface area contributed by atoms with Gasteiger partial charge < -0.3 is 4.74 Å². The van der Waals surface area contributed by atoms with E-state index in [1.165, 1.54) is 6.07 Å². The highest BCUT2D eigenvalue weighted by molar-refractivity contribution is 9.10. The Morgan fingerprint density at radius 2 is 2.22 bits per heavy atom. The highest BCUT2D eigenvalue weighted by atomic mass is 79.9. The van der Waals surface area contributed by atoms with Crippen molar-refractivity contribution in [2.75, 3.05) is 6.61 Å². The van der Waals surface area contributed by atoms with Gasteiger partial charge in [0.05, 0.1) is 22.4 Å². The molecule has 0 saturated carbocycles. The molecule has 1 rings (SSSR count). The van der Waals surface area contributed by atoms with Gasteiger partial charge in [-0.05, 0) is 34.5 Å².